The van der Waals surface area contributed by atoms with Crippen LogP contribution in [0.1, 0.15) is 41.0 Å². The van der Waals surface area contributed by atoms with E-state index in [-0.39, 0.29) is 5.04 Å². The van der Waals surface area contributed by atoms with Gasteiger partial charge in [-0.1, -0.05) is 75.8 Å². The van der Waals surface area contributed by atoms with Crippen LogP contribution in [0.5, 0.6) is 5.75 Å². The zero-order chi connectivity index (χ0) is 24.9. The zero-order valence-electron chi connectivity index (χ0n) is 22.3. The van der Waals surface area contributed by atoms with Crippen LogP contribution in [0.15, 0.2) is 40.9 Å². The Morgan fingerprint density at radius 1 is 0.939 bits per heavy atom. The third-order valence-electron chi connectivity index (χ3n) is 7.45. The van der Waals surface area contributed by atoms with Crippen LogP contribution in [0.2, 0.25) is 36.3 Å². The number of hydrogen-bond acceptors (Lipinski definition) is 3. The predicted octanol–water partition coefficient (Wildman–Crippen LogP) is 8.29. The fraction of sp³-hybridized carbons (Fsp3) is 0.630. The average molecular weight is 554 g/mol. The summed E-state index contributed by atoms with van der Waals surface area (Å²) in [7, 11) is -2.57. The van der Waals surface area contributed by atoms with Gasteiger partial charge in [-0.2, -0.15) is 0 Å². The van der Waals surface area contributed by atoms with E-state index in [9.17, 15) is 0 Å². The number of benzene rings is 2. The second-order valence-corrected chi connectivity index (χ2v) is 21.5. The van der Waals surface area contributed by atoms with Gasteiger partial charge in [0.05, 0.1) is 13.2 Å². The highest BCUT2D eigenvalue weighted by Gasteiger charge is 2.37. The third-order valence-corrected chi connectivity index (χ3v) is 15.7. The van der Waals surface area contributed by atoms with Crippen molar-refractivity contribution < 1.29 is 13.9 Å². The zero-order valence-corrected chi connectivity index (χ0v) is 26.0. The molecule has 2 rings (SSSR count). The fourth-order valence-electron chi connectivity index (χ4n) is 3.04. The molecule has 0 radical (unpaired) electrons. The minimum atomic E-state index is -1.79. The van der Waals surface area contributed by atoms with Gasteiger partial charge in [-0.15, -0.1) is 0 Å². The minimum Gasteiger partial charge on any atom is -0.494 e. The molecule has 6 heteroatoms. The Morgan fingerprint density at radius 2 is 1.58 bits per heavy atom. The predicted molar refractivity (Wildman–Crippen MR) is 152 cm³/mol. The topological polar surface area (TPSA) is 27.7 Å². The van der Waals surface area contributed by atoms with E-state index in [1.807, 2.05) is 0 Å². The largest absolute Gasteiger partial charge is 0.494 e. The lowest BCUT2D eigenvalue weighted by Gasteiger charge is -2.37. The van der Waals surface area contributed by atoms with E-state index in [1.165, 1.54) is 10.8 Å². The number of rotatable bonds is 12. The quantitative estimate of drug-likeness (QED) is 0.248. The van der Waals surface area contributed by atoms with Gasteiger partial charge in [0.25, 0.3) is 0 Å². The van der Waals surface area contributed by atoms with Crippen LogP contribution >= 0.6 is 15.9 Å². The minimum absolute atomic E-state index is 0.209. The first kappa shape index (κ1) is 28.6. The molecule has 1 atom stereocenters. The molecule has 0 fully saturated rings. The molecule has 3 nitrogen and oxygen atoms in total. The molecular weight excluding hydrogens is 508 g/mol. The first-order valence-corrected chi connectivity index (χ1v) is 18.8. The van der Waals surface area contributed by atoms with Gasteiger partial charge in [0, 0.05) is 32.4 Å². The Hall–Kier alpha value is -0.666. The van der Waals surface area contributed by atoms with E-state index >= 15 is 0 Å². The molecular formula is C27H45BrO3Si2. The maximum Gasteiger partial charge on any atom is 0.191 e. The van der Waals surface area contributed by atoms with E-state index in [1.54, 1.807) is 0 Å². The van der Waals surface area contributed by atoms with E-state index < -0.39 is 17.1 Å². The summed E-state index contributed by atoms with van der Waals surface area (Å²) in [6, 6.07) is 12.6. The van der Waals surface area contributed by atoms with Crippen molar-refractivity contribution in [2.45, 2.75) is 77.3 Å². The molecule has 0 aliphatic carbocycles. The van der Waals surface area contributed by atoms with Gasteiger partial charge in [0.1, 0.15) is 5.75 Å². The summed E-state index contributed by atoms with van der Waals surface area (Å²) >= 11 is 3.54. The standard InChI is InChI=1S/C27H45BrO3Si2/c1-26(2,3)33(8,9)31-19-21(18-29-20-27(4,5)32(6)7)14-15-30-25-13-11-22-16-24(28)12-10-23(22)17-25/h10-13,16-17,21,32H,14-15,18-20H2,1-9H3. The van der Waals surface area contributed by atoms with Crippen molar-refractivity contribution >= 4 is 43.8 Å². The molecule has 186 valence electrons. The molecule has 0 spiro atoms. The number of halogens is 1. The normalized spacial score (nSPS) is 14.2. The van der Waals surface area contributed by atoms with Crippen molar-refractivity contribution in [3.63, 3.8) is 0 Å². The van der Waals surface area contributed by atoms with E-state index in [0.717, 1.165) is 36.5 Å². The molecule has 2 aromatic carbocycles. The van der Waals surface area contributed by atoms with Crippen molar-refractivity contribution in [2.24, 2.45) is 5.92 Å². The summed E-state index contributed by atoms with van der Waals surface area (Å²) in [6.45, 7) is 24.0. The molecule has 0 heterocycles. The Balaban J connectivity index is 1.97. The van der Waals surface area contributed by atoms with Crippen LogP contribution in [-0.4, -0.2) is 43.5 Å². The van der Waals surface area contributed by atoms with Gasteiger partial charge in [0.15, 0.2) is 8.32 Å². The first-order chi connectivity index (χ1) is 15.2. The van der Waals surface area contributed by atoms with Gasteiger partial charge < -0.3 is 13.9 Å². The molecule has 0 N–H and O–H groups in total. The van der Waals surface area contributed by atoms with Gasteiger partial charge in [0.2, 0.25) is 0 Å². The lowest BCUT2D eigenvalue weighted by molar-refractivity contribution is 0.0539. The maximum atomic E-state index is 6.57. The molecule has 1 unspecified atom stereocenters. The Bertz CT molecular complexity index is 891. The summed E-state index contributed by atoms with van der Waals surface area (Å²) in [5, 5.41) is 2.92. The molecule has 0 saturated carbocycles. The second-order valence-electron chi connectivity index (χ2n) is 11.9. The van der Waals surface area contributed by atoms with E-state index in [4.69, 9.17) is 13.9 Å². The van der Waals surface area contributed by atoms with Crippen LogP contribution in [-0.2, 0) is 9.16 Å². The van der Waals surface area contributed by atoms with Crippen molar-refractivity contribution in [1.29, 1.82) is 0 Å². The van der Waals surface area contributed by atoms with E-state index in [2.05, 4.69) is 113 Å². The summed E-state index contributed by atoms with van der Waals surface area (Å²) < 4.78 is 20.1. The lowest BCUT2D eigenvalue weighted by Crippen LogP contribution is -2.42. The van der Waals surface area contributed by atoms with Crippen molar-refractivity contribution in [2.75, 3.05) is 26.4 Å². The smallest absolute Gasteiger partial charge is 0.191 e. The van der Waals surface area contributed by atoms with E-state index in [0.29, 0.717) is 17.6 Å². The highest BCUT2D eigenvalue weighted by molar-refractivity contribution is 9.10. The molecule has 0 aromatic heterocycles. The van der Waals surface area contributed by atoms with Crippen molar-refractivity contribution in [1.82, 2.24) is 0 Å². The molecule has 0 aliphatic heterocycles. The number of fused-ring (bicyclic) bond motifs is 1. The molecule has 2 aromatic rings. The molecule has 0 saturated heterocycles. The first-order valence-electron chi connectivity index (χ1n) is 12.2. The average Bonchev–Trinajstić information content (AvgIpc) is 2.70. The number of ether oxygens (including phenoxy) is 2. The number of hydrogen-bond donors (Lipinski definition) is 0. The molecule has 0 bridgehead atoms. The highest BCUT2D eigenvalue weighted by atomic mass is 79.9. The van der Waals surface area contributed by atoms with Gasteiger partial charge in [-0.25, -0.2) is 0 Å². The van der Waals surface area contributed by atoms with Gasteiger partial charge in [-0.3, -0.25) is 0 Å². The van der Waals surface area contributed by atoms with Crippen LogP contribution in [0.4, 0.5) is 0 Å². The summed E-state index contributed by atoms with van der Waals surface area (Å²) in [5.74, 6) is 1.25. The Morgan fingerprint density at radius 3 is 2.21 bits per heavy atom. The van der Waals surface area contributed by atoms with Crippen LogP contribution in [0.3, 0.4) is 0 Å². The molecule has 33 heavy (non-hydrogen) atoms. The van der Waals surface area contributed by atoms with Crippen molar-refractivity contribution in [3.05, 3.63) is 40.9 Å². The fourth-order valence-corrected chi connectivity index (χ4v) is 4.96. The summed E-state index contributed by atoms with van der Waals surface area (Å²) in [4.78, 5) is 0. The van der Waals surface area contributed by atoms with Gasteiger partial charge >= 0.3 is 0 Å². The van der Waals surface area contributed by atoms with Crippen LogP contribution in [0.25, 0.3) is 10.8 Å². The summed E-state index contributed by atoms with van der Waals surface area (Å²) in [5.41, 5.74) is 0. The Labute approximate surface area is 213 Å². The van der Waals surface area contributed by atoms with Crippen LogP contribution < -0.4 is 4.74 Å². The lowest BCUT2D eigenvalue weighted by atomic mass is 10.1. The third kappa shape index (κ3) is 8.81. The molecule has 0 amide bonds. The van der Waals surface area contributed by atoms with Crippen molar-refractivity contribution in [3.8, 4) is 5.75 Å². The maximum absolute atomic E-state index is 6.57. The SMILES string of the molecule is C[SiH](C)C(C)(C)COCC(CCOc1ccc2cc(Br)ccc2c1)CO[Si](C)(C)C(C)(C)C. The molecule has 0 aliphatic rings. The van der Waals surface area contributed by atoms with Crippen LogP contribution in [0, 0.1) is 5.92 Å². The monoisotopic (exact) mass is 552 g/mol. The Kier molecular flexibility index (Phi) is 10.3. The second kappa shape index (κ2) is 11.8. The summed E-state index contributed by atoms with van der Waals surface area (Å²) in [6.07, 6.45) is 0.923. The highest BCUT2D eigenvalue weighted by Crippen LogP contribution is 2.37. The van der Waals surface area contributed by atoms with Gasteiger partial charge in [-0.05, 0) is 64.6 Å².